The number of esters is 1. The molecule has 1 heterocycles. The fraction of sp³-hybridized carbons (Fsp3) is 0.143. The van der Waals surface area contributed by atoms with E-state index in [1.54, 1.807) is 12.1 Å². The number of para-hydroxylation sites is 1. The van der Waals surface area contributed by atoms with Crippen LogP contribution in [0.2, 0.25) is 0 Å². The Kier molecular flexibility index (Phi) is 4.69. The lowest BCUT2D eigenvalue weighted by molar-refractivity contribution is 0.0528. The quantitative estimate of drug-likeness (QED) is 0.599. The van der Waals surface area contributed by atoms with Crippen LogP contribution in [0, 0.1) is 0 Å². The van der Waals surface area contributed by atoms with E-state index in [2.05, 4.69) is 12.2 Å². The Morgan fingerprint density at radius 2 is 2.00 bits per heavy atom. The van der Waals surface area contributed by atoms with E-state index in [0.717, 1.165) is 5.75 Å². The van der Waals surface area contributed by atoms with Crippen molar-refractivity contribution in [2.24, 2.45) is 0 Å². The molecule has 1 aromatic carbocycles. The van der Waals surface area contributed by atoms with Crippen LogP contribution >= 0.6 is 12.2 Å². The van der Waals surface area contributed by atoms with Gasteiger partial charge >= 0.3 is 5.97 Å². The Morgan fingerprint density at radius 1 is 1.21 bits per heavy atom. The van der Waals surface area contributed by atoms with Gasteiger partial charge in [0.2, 0.25) is 5.76 Å². The fourth-order valence-corrected chi connectivity index (χ4v) is 1.49. The molecular formula is C14H12O4S. The van der Waals surface area contributed by atoms with Crippen LogP contribution in [0.5, 0.6) is 5.75 Å². The molecule has 0 bridgehead atoms. The van der Waals surface area contributed by atoms with Crippen molar-refractivity contribution in [3.05, 3.63) is 54.0 Å². The van der Waals surface area contributed by atoms with E-state index in [1.165, 1.54) is 5.37 Å². The van der Waals surface area contributed by atoms with Crippen molar-refractivity contribution in [2.45, 2.75) is 6.61 Å². The van der Waals surface area contributed by atoms with Gasteiger partial charge in [-0.25, -0.2) is 4.79 Å². The van der Waals surface area contributed by atoms with Crippen molar-refractivity contribution in [2.75, 3.05) is 6.61 Å². The van der Waals surface area contributed by atoms with E-state index in [1.807, 2.05) is 30.3 Å². The largest absolute Gasteiger partial charge is 0.486 e. The van der Waals surface area contributed by atoms with E-state index in [9.17, 15) is 4.79 Å². The Bertz CT molecular complexity index is 548. The zero-order chi connectivity index (χ0) is 13.5. The van der Waals surface area contributed by atoms with Gasteiger partial charge in [-0.05, 0) is 24.3 Å². The highest BCUT2D eigenvalue weighted by molar-refractivity contribution is 7.79. The number of thiocarbonyl (C=S) groups is 1. The minimum absolute atomic E-state index is 0.0880. The van der Waals surface area contributed by atoms with E-state index < -0.39 is 5.97 Å². The summed E-state index contributed by atoms with van der Waals surface area (Å²) in [5.41, 5.74) is 0. The predicted octanol–water partition coefficient (Wildman–Crippen LogP) is 3.02. The maximum atomic E-state index is 11.5. The molecule has 0 saturated carbocycles. The lowest BCUT2D eigenvalue weighted by Crippen LogP contribution is -2.05. The van der Waals surface area contributed by atoms with Crippen molar-refractivity contribution in [1.29, 1.82) is 0 Å². The number of hydrogen-bond donors (Lipinski definition) is 0. The minimum Gasteiger partial charge on any atom is -0.486 e. The van der Waals surface area contributed by atoms with Gasteiger partial charge in [0.1, 0.15) is 24.7 Å². The minimum atomic E-state index is -0.535. The molecular weight excluding hydrogens is 264 g/mol. The summed E-state index contributed by atoms with van der Waals surface area (Å²) in [6.45, 7) is 0.342. The van der Waals surface area contributed by atoms with Crippen LogP contribution in [0.25, 0.3) is 0 Å². The summed E-state index contributed by atoms with van der Waals surface area (Å²) in [5, 5.41) is 1.33. The molecule has 0 aliphatic rings. The summed E-state index contributed by atoms with van der Waals surface area (Å²) < 4.78 is 15.6. The molecule has 2 rings (SSSR count). The first-order valence-electron chi connectivity index (χ1n) is 5.67. The first kappa shape index (κ1) is 13.3. The van der Waals surface area contributed by atoms with Crippen LogP contribution in [-0.4, -0.2) is 17.9 Å². The normalized spacial score (nSPS) is 9.89. The highest BCUT2D eigenvalue weighted by Crippen LogP contribution is 2.14. The lowest BCUT2D eigenvalue weighted by atomic mass is 10.3. The smallest absolute Gasteiger partial charge is 0.374 e. The molecule has 4 nitrogen and oxygen atoms in total. The maximum absolute atomic E-state index is 11.5. The predicted molar refractivity (Wildman–Crippen MR) is 73.4 cm³/mol. The summed E-state index contributed by atoms with van der Waals surface area (Å²) in [5.74, 6) is 0.900. The lowest BCUT2D eigenvalue weighted by Gasteiger charge is -2.03. The van der Waals surface area contributed by atoms with Crippen LogP contribution in [0.3, 0.4) is 0 Å². The van der Waals surface area contributed by atoms with E-state index in [4.69, 9.17) is 13.9 Å². The number of hydrogen-bond acceptors (Lipinski definition) is 5. The zero-order valence-electron chi connectivity index (χ0n) is 10.1. The summed E-state index contributed by atoms with van der Waals surface area (Å²) >= 11 is 4.57. The van der Waals surface area contributed by atoms with Crippen LogP contribution in [0.15, 0.2) is 46.9 Å². The second-order valence-electron chi connectivity index (χ2n) is 3.63. The third-order valence-corrected chi connectivity index (χ3v) is 2.41. The van der Waals surface area contributed by atoms with Gasteiger partial charge in [-0.2, -0.15) is 0 Å². The van der Waals surface area contributed by atoms with Gasteiger partial charge < -0.3 is 13.9 Å². The molecule has 1 aromatic heterocycles. The van der Waals surface area contributed by atoms with Gasteiger partial charge in [-0.1, -0.05) is 30.4 Å². The summed E-state index contributed by atoms with van der Waals surface area (Å²) in [7, 11) is 0. The number of carbonyl (C=O) groups is 1. The topological polar surface area (TPSA) is 48.7 Å². The maximum Gasteiger partial charge on any atom is 0.374 e. The van der Waals surface area contributed by atoms with Crippen LogP contribution in [0.1, 0.15) is 16.3 Å². The zero-order valence-corrected chi connectivity index (χ0v) is 10.9. The average Bonchev–Trinajstić information content (AvgIpc) is 2.92. The Balaban J connectivity index is 1.90. The molecule has 0 N–H and O–H groups in total. The SMILES string of the molecule is O=C(OCC=S)c1ccc(COc2ccccc2)o1. The number of furan rings is 1. The number of benzene rings is 1. The third-order valence-electron chi connectivity index (χ3n) is 2.27. The standard InChI is InChI=1S/C14H12O4S/c15-14(16-8-9-19)13-7-6-12(18-13)10-17-11-4-2-1-3-5-11/h1-7,9H,8,10H2. The van der Waals surface area contributed by atoms with Gasteiger partial charge in [0.25, 0.3) is 0 Å². The molecule has 19 heavy (non-hydrogen) atoms. The van der Waals surface area contributed by atoms with Crippen molar-refractivity contribution >= 4 is 23.6 Å². The van der Waals surface area contributed by atoms with Crippen molar-refractivity contribution < 1.29 is 18.7 Å². The molecule has 0 aliphatic heterocycles. The van der Waals surface area contributed by atoms with Crippen LogP contribution in [-0.2, 0) is 11.3 Å². The molecule has 0 radical (unpaired) electrons. The van der Waals surface area contributed by atoms with Gasteiger partial charge in [-0.15, -0.1) is 0 Å². The molecule has 0 saturated heterocycles. The molecule has 5 heteroatoms. The third kappa shape index (κ3) is 3.93. The molecule has 98 valence electrons. The van der Waals surface area contributed by atoms with Gasteiger partial charge in [0.05, 0.1) is 0 Å². The first-order chi connectivity index (χ1) is 9.29. The molecule has 0 atom stereocenters. The van der Waals surface area contributed by atoms with E-state index >= 15 is 0 Å². The van der Waals surface area contributed by atoms with Crippen molar-refractivity contribution in [3.8, 4) is 5.75 Å². The summed E-state index contributed by atoms with van der Waals surface area (Å²) in [6, 6.07) is 12.6. The molecule has 2 aromatic rings. The highest BCUT2D eigenvalue weighted by atomic mass is 32.1. The van der Waals surface area contributed by atoms with Gasteiger partial charge in [0.15, 0.2) is 0 Å². The second-order valence-corrected chi connectivity index (χ2v) is 3.97. The fourth-order valence-electron chi connectivity index (χ4n) is 1.42. The average molecular weight is 276 g/mol. The Hall–Kier alpha value is -2.14. The number of rotatable bonds is 6. The van der Waals surface area contributed by atoms with Crippen molar-refractivity contribution in [1.82, 2.24) is 0 Å². The highest BCUT2D eigenvalue weighted by Gasteiger charge is 2.12. The first-order valence-corrected chi connectivity index (χ1v) is 6.14. The van der Waals surface area contributed by atoms with E-state index in [-0.39, 0.29) is 19.0 Å². The number of ether oxygens (including phenoxy) is 2. The molecule has 0 fully saturated rings. The van der Waals surface area contributed by atoms with Crippen LogP contribution < -0.4 is 4.74 Å². The Morgan fingerprint density at radius 3 is 2.74 bits per heavy atom. The summed E-state index contributed by atoms with van der Waals surface area (Å²) in [6.07, 6.45) is 0. The van der Waals surface area contributed by atoms with Gasteiger partial charge in [0, 0.05) is 5.37 Å². The van der Waals surface area contributed by atoms with Crippen LogP contribution in [0.4, 0.5) is 0 Å². The molecule has 0 amide bonds. The molecule has 0 unspecified atom stereocenters. The van der Waals surface area contributed by atoms with E-state index in [0.29, 0.717) is 5.76 Å². The molecule has 0 aliphatic carbocycles. The van der Waals surface area contributed by atoms with Crippen molar-refractivity contribution in [3.63, 3.8) is 0 Å². The molecule has 0 spiro atoms. The monoisotopic (exact) mass is 276 g/mol. The van der Waals surface area contributed by atoms with Gasteiger partial charge in [-0.3, -0.25) is 0 Å². The number of carbonyl (C=O) groups excluding carboxylic acids is 1. The Labute approximate surface area is 115 Å². The summed E-state index contributed by atoms with van der Waals surface area (Å²) in [4.78, 5) is 11.5. The second kappa shape index (κ2) is 6.70.